The molecule has 0 spiro atoms. The molecule has 1 aliphatic heterocycles. The van der Waals surface area contributed by atoms with Gasteiger partial charge in [-0.05, 0) is 60.4 Å². The zero-order valence-electron chi connectivity index (χ0n) is 20.4. The van der Waals surface area contributed by atoms with Gasteiger partial charge in [0, 0.05) is 29.7 Å². The predicted molar refractivity (Wildman–Crippen MR) is 133 cm³/mol. The van der Waals surface area contributed by atoms with Gasteiger partial charge in [0.1, 0.15) is 11.5 Å². The number of carbonyl (C=O) groups is 2. The van der Waals surface area contributed by atoms with Crippen molar-refractivity contribution in [2.24, 2.45) is 0 Å². The monoisotopic (exact) mass is 471 g/mol. The van der Waals surface area contributed by atoms with Crippen molar-refractivity contribution >= 4 is 17.4 Å². The van der Waals surface area contributed by atoms with E-state index in [1.807, 2.05) is 19.1 Å². The van der Waals surface area contributed by atoms with Gasteiger partial charge in [-0.25, -0.2) is 0 Å². The molecule has 1 aliphatic rings. The molecule has 7 nitrogen and oxygen atoms in total. The number of pyridine rings is 2. The summed E-state index contributed by atoms with van der Waals surface area (Å²) >= 11 is 0. The van der Waals surface area contributed by atoms with E-state index < -0.39 is 17.7 Å². The van der Waals surface area contributed by atoms with Crippen LogP contribution in [0, 0.1) is 0 Å². The van der Waals surface area contributed by atoms with Gasteiger partial charge in [-0.2, -0.15) is 0 Å². The second-order valence-corrected chi connectivity index (χ2v) is 9.42. The van der Waals surface area contributed by atoms with E-state index in [2.05, 4.69) is 30.7 Å². The molecule has 180 valence electrons. The molecule has 1 amide bonds. The molecule has 0 saturated carbocycles. The molecule has 35 heavy (non-hydrogen) atoms. The number of aromatic nitrogens is 2. The molecule has 7 heteroatoms. The molecule has 3 heterocycles. The third-order valence-corrected chi connectivity index (χ3v) is 5.98. The maximum atomic E-state index is 13.3. The summed E-state index contributed by atoms with van der Waals surface area (Å²) in [5, 5.41) is 11.4. The minimum absolute atomic E-state index is 0.0427. The highest BCUT2D eigenvalue weighted by Crippen LogP contribution is 2.41. The van der Waals surface area contributed by atoms with Crippen LogP contribution in [0.2, 0.25) is 0 Å². The third-order valence-electron chi connectivity index (χ3n) is 5.98. The van der Waals surface area contributed by atoms with E-state index in [1.165, 1.54) is 4.90 Å². The van der Waals surface area contributed by atoms with Crippen molar-refractivity contribution in [1.29, 1.82) is 0 Å². The second-order valence-electron chi connectivity index (χ2n) is 9.42. The molecule has 4 rings (SSSR count). The summed E-state index contributed by atoms with van der Waals surface area (Å²) in [6.07, 6.45) is 4.84. The number of Topliss-reactive ketones (excluding diaryl/α,β-unsaturated/α-hetero) is 1. The van der Waals surface area contributed by atoms with E-state index in [-0.39, 0.29) is 23.3 Å². The van der Waals surface area contributed by atoms with Crippen LogP contribution in [0.25, 0.3) is 5.76 Å². The number of amides is 1. The molecule has 1 atom stereocenters. The lowest BCUT2D eigenvalue weighted by molar-refractivity contribution is -0.140. The lowest BCUT2D eigenvalue weighted by Crippen LogP contribution is -2.29. The molecule has 1 aromatic carbocycles. The summed E-state index contributed by atoms with van der Waals surface area (Å²) in [5.74, 6) is -0.910. The summed E-state index contributed by atoms with van der Waals surface area (Å²) < 4.78 is 5.79. The molecule has 3 aromatic rings. The first-order valence-electron chi connectivity index (χ1n) is 11.6. The Balaban J connectivity index is 1.87. The average Bonchev–Trinajstić information content (AvgIpc) is 3.09. The van der Waals surface area contributed by atoms with Crippen molar-refractivity contribution in [3.05, 3.63) is 95.1 Å². The summed E-state index contributed by atoms with van der Waals surface area (Å²) in [6, 6.07) is 13.5. The second kappa shape index (κ2) is 9.70. The standard InChI is InChI=1S/C28H29N3O4/c1-5-35-22-10-9-19(16-21(22)28(2,3)4)25(32)23-24(18-11-14-29-15-12-18)31(27(34)26(23)33)17-20-8-6-7-13-30-20/h6-16,24,32H,5,17H2,1-4H3/b25-23-. The first-order chi connectivity index (χ1) is 16.7. The highest BCUT2D eigenvalue weighted by atomic mass is 16.5. The highest BCUT2D eigenvalue weighted by Gasteiger charge is 2.46. The highest BCUT2D eigenvalue weighted by molar-refractivity contribution is 6.46. The van der Waals surface area contributed by atoms with E-state index in [4.69, 9.17) is 4.74 Å². The molecular weight excluding hydrogens is 442 g/mol. The van der Waals surface area contributed by atoms with Gasteiger partial charge >= 0.3 is 0 Å². The minimum atomic E-state index is -0.773. The third kappa shape index (κ3) is 4.80. The molecular formula is C28H29N3O4. The smallest absolute Gasteiger partial charge is 0.296 e. The number of rotatable bonds is 6. The van der Waals surface area contributed by atoms with Crippen molar-refractivity contribution < 1.29 is 19.4 Å². The maximum absolute atomic E-state index is 13.3. The number of aliphatic hydroxyl groups excluding tert-OH is 1. The molecule has 1 fully saturated rings. The van der Waals surface area contributed by atoms with Gasteiger partial charge < -0.3 is 14.7 Å². The number of ether oxygens (including phenoxy) is 1. The van der Waals surface area contributed by atoms with Crippen LogP contribution >= 0.6 is 0 Å². The van der Waals surface area contributed by atoms with Crippen molar-refractivity contribution in [1.82, 2.24) is 14.9 Å². The van der Waals surface area contributed by atoms with Crippen molar-refractivity contribution in [3.8, 4) is 5.75 Å². The molecule has 1 N–H and O–H groups in total. The number of likely N-dealkylation sites (tertiary alicyclic amines) is 1. The molecule has 0 aliphatic carbocycles. The summed E-state index contributed by atoms with van der Waals surface area (Å²) in [6.45, 7) is 8.71. The normalized spacial score (nSPS) is 17.6. The Kier molecular flexibility index (Phi) is 6.69. The van der Waals surface area contributed by atoms with Gasteiger partial charge in [-0.1, -0.05) is 26.8 Å². The van der Waals surface area contributed by atoms with Crippen molar-refractivity contribution in [3.63, 3.8) is 0 Å². The van der Waals surface area contributed by atoms with Crippen LogP contribution in [0.4, 0.5) is 0 Å². The summed E-state index contributed by atoms with van der Waals surface area (Å²) in [5.41, 5.74) is 2.44. The van der Waals surface area contributed by atoms with Crippen LogP contribution in [-0.2, 0) is 21.5 Å². The number of aliphatic hydroxyl groups is 1. The lowest BCUT2D eigenvalue weighted by Gasteiger charge is -2.25. The minimum Gasteiger partial charge on any atom is -0.507 e. The largest absolute Gasteiger partial charge is 0.507 e. The SMILES string of the molecule is CCOc1ccc(/C(O)=C2/C(=O)C(=O)N(Cc3ccccn3)C2c2ccncc2)cc1C(C)(C)C. The van der Waals surface area contributed by atoms with Crippen molar-refractivity contribution in [2.75, 3.05) is 6.61 Å². The quantitative estimate of drug-likeness (QED) is 0.316. The van der Waals surface area contributed by atoms with Crippen molar-refractivity contribution in [2.45, 2.75) is 45.7 Å². The van der Waals surface area contributed by atoms with Crippen LogP contribution < -0.4 is 4.74 Å². The Bertz CT molecular complexity index is 1260. The van der Waals surface area contributed by atoms with E-state index in [9.17, 15) is 14.7 Å². The fourth-order valence-electron chi connectivity index (χ4n) is 4.30. The van der Waals surface area contributed by atoms with Gasteiger partial charge in [-0.15, -0.1) is 0 Å². The number of hydrogen-bond acceptors (Lipinski definition) is 6. The Hall–Kier alpha value is -4.00. The molecule has 1 unspecified atom stereocenters. The zero-order valence-corrected chi connectivity index (χ0v) is 20.4. The van der Waals surface area contributed by atoms with Crippen LogP contribution in [0.15, 0.2) is 72.7 Å². The van der Waals surface area contributed by atoms with Gasteiger partial charge in [0.15, 0.2) is 0 Å². The van der Waals surface area contributed by atoms with Crippen LogP contribution in [0.5, 0.6) is 5.75 Å². The van der Waals surface area contributed by atoms with Crippen LogP contribution in [-0.4, -0.2) is 38.3 Å². The molecule has 0 bridgehead atoms. The van der Waals surface area contributed by atoms with E-state index in [0.717, 1.165) is 11.3 Å². The fourth-order valence-corrected chi connectivity index (χ4v) is 4.30. The van der Waals surface area contributed by atoms with E-state index >= 15 is 0 Å². The summed E-state index contributed by atoms with van der Waals surface area (Å²) in [4.78, 5) is 36.3. The van der Waals surface area contributed by atoms with Gasteiger partial charge in [0.25, 0.3) is 11.7 Å². The lowest BCUT2D eigenvalue weighted by atomic mass is 9.84. The Morgan fingerprint density at radius 1 is 1.06 bits per heavy atom. The molecule has 1 saturated heterocycles. The van der Waals surface area contributed by atoms with Gasteiger partial charge in [-0.3, -0.25) is 19.6 Å². The topological polar surface area (TPSA) is 92.6 Å². The number of hydrogen-bond donors (Lipinski definition) is 1. The van der Waals surface area contributed by atoms with E-state index in [0.29, 0.717) is 23.4 Å². The van der Waals surface area contributed by atoms with Gasteiger partial charge in [0.05, 0.1) is 30.5 Å². The zero-order chi connectivity index (χ0) is 25.2. The van der Waals surface area contributed by atoms with E-state index in [1.54, 1.807) is 55.0 Å². The first kappa shape index (κ1) is 24.1. The molecule has 0 radical (unpaired) electrons. The van der Waals surface area contributed by atoms with Crippen LogP contribution in [0.3, 0.4) is 0 Å². The fraction of sp³-hybridized carbons (Fsp3) is 0.286. The number of carbonyl (C=O) groups excluding carboxylic acids is 2. The number of nitrogens with zero attached hydrogens (tertiary/aromatic N) is 3. The number of ketones is 1. The predicted octanol–water partition coefficient (Wildman–Crippen LogP) is 4.79. The maximum Gasteiger partial charge on any atom is 0.296 e. The Morgan fingerprint density at radius 2 is 1.80 bits per heavy atom. The first-order valence-corrected chi connectivity index (χ1v) is 11.6. The average molecular weight is 472 g/mol. The Labute approximate surface area is 205 Å². The van der Waals surface area contributed by atoms with Gasteiger partial charge in [0.2, 0.25) is 0 Å². The van der Waals surface area contributed by atoms with Crippen LogP contribution in [0.1, 0.15) is 56.1 Å². The summed E-state index contributed by atoms with van der Waals surface area (Å²) in [7, 11) is 0. The molecule has 2 aromatic heterocycles. The Morgan fingerprint density at radius 3 is 2.43 bits per heavy atom. The number of benzene rings is 1.